The van der Waals surface area contributed by atoms with Crippen LogP contribution in [0, 0.1) is 13.8 Å². The number of halogens is 1. The van der Waals surface area contributed by atoms with E-state index in [4.69, 9.17) is 16.7 Å². The minimum absolute atomic E-state index is 0.174. The fraction of sp³-hybridized carbons (Fsp3) is 0.364. The van der Waals surface area contributed by atoms with Crippen LogP contribution >= 0.6 is 22.9 Å². The van der Waals surface area contributed by atoms with Crippen LogP contribution in [0.3, 0.4) is 0 Å². The summed E-state index contributed by atoms with van der Waals surface area (Å²) in [6, 6.07) is 7.37. The minimum Gasteiger partial charge on any atom is -0.395 e. The quantitative estimate of drug-likeness (QED) is 0.466. The molecule has 3 N–H and O–H groups in total. The van der Waals surface area contributed by atoms with Gasteiger partial charge in [-0.2, -0.15) is 0 Å². The van der Waals surface area contributed by atoms with Gasteiger partial charge in [-0.15, -0.1) is 0 Å². The summed E-state index contributed by atoms with van der Waals surface area (Å²) in [5.74, 6) is 1.84. The van der Waals surface area contributed by atoms with Crippen molar-refractivity contribution in [3.63, 3.8) is 0 Å². The lowest BCUT2D eigenvalue weighted by molar-refractivity contribution is 0.102. The third kappa shape index (κ3) is 5.77. The molecule has 0 saturated carbocycles. The second kappa shape index (κ2) is 10.4. The molecule has 9 nitrogen and oxygen atoms in total. The first kappa shape index (κ1) is 23.4. The molecule has 2 aromatic heterocycles. The standard InChI is InChI=1S/C22H26ClN7O2S/c1-14-4-3-5-16(23)20(14)28-21(32)22-24-13-19(33-22)27-17-12-18(26-15(2)25-17)30-8-6-29(7-9-30)10-11-31/h3-5,12-13,31H,6-11H2,1-2H3,(H,28,32)(H,25,26,27). The van der Waals surface area contributed by atoms with Crippen LogP contribution in [-0.2, 0) is 0 Å². The number of nitrogens with zero attached hydrogens (tertiary/aromatic N) is 5. The Morgan fingerprint density at radius 3 is 2.73 bits per heavy atom. The van der Waals surface area contributed by atoms with Gasteiger partial charge < -0.3 is 20.6 Å². The number of aromatic nitrogens is 3. The van der Waals surface area contributed by atoms with Crippen LogP contribution in [0.4, 0.5) is 22.3 Å². The highest BCUT2D eigenvalue weighted by Gasteiger charge is 2.19. The topological polar surface area (TPSA) is 107 Å². The Kier molecular flexibility index (Phi) is 7.39. The molecule has 174 valence electrons. The number of β-amino-alcohol motifs (C(OH)–C–C–N with tert-alkyl or cyclic N) is 1. The molecule has 3 heterocycles. The van der Waals surface area contributed by atoms with Crippen molar-refractivity contribution in [3.8, 4) is 0 Å². The van der Waals surface area contributed by atoms with E-state index < -0.39 is 0 Å². The molecule has 0 atom stereocenters. The molecular weight excluding hydrogens is 462 g/mol. The lowest BCUT2D eigenvalue weighted by atomic mass is 10.2. The van der Waals surface area contributed by atoms with Crippen molar-refractivity contribution in [1.82, 2.24) is 19.9 Å². The number of aliphatic hydroxyl groups is 1. The van der Waals surface area contributed by atoms with Crippen LogP contribution in [0.15, 0.2) is 30.5 Å². The fourth-order valence-electron chi connectivity index (χ4n) is 3.64. The van der Waals surface area contributed by atoms with E-state index in [0.717, 1.165) is 37.6 Å². The molecule has 0 bridgehead atoms. The number of benzene rings is 1. The third-order valence-electron chi connectivity index (χ3n) is 5.35. The molecule has 4 rings (SSSR count). The first-order valence-electron chi connectivity index (χ1n) is 10.7. The molecule has 1 aromatic carbocycles. The van der Waals surface area contributed by atoms with Gasteiger partial charge in [-0.25, -0.2) is 15.0 Å². The van der Waals surface area contributed by atoms with Crippen molar-refractivity contribution >= 4 is 51.2 Å². The number of hydrogen-bond acceptors (Lipinski definition) is 9. The van der Waals surface area contributed by atoms with Crippen molar-refractivity contribution in [2.75, 3.05) is 54.9 Å². The lowest BCUT2D eigenvalue weighted by Crippen LogP contribution is -2.47. The van der Waals surface area contributed by atoms with Crippen LogP contribution in [0.1, 0.15) is 21.2 Å². The van der Waals surface area contributed by atoms with Crippen molar-refractivity contribution in [2.45, 2.75) is 13.8 Å². The van der Waals surface area contributed by atoms with Gasteiger partial charge in [0.25, 0.3) is 5.91 Å². The second-order valence-corrected chi connectivity index (χ2v) is 9.19. The molecule has 0 unspecified atom stereocenters. The molecule has 1 amide bonds. The first-order valence-corrected chi connectivity index (χ1v) is 11.9. The van der Waals surface area contributed by atoms with Crippen LogP contribution in [0.25, 0.3) is 0 Å². The number of aryl methyl sites for hydroxylation is 2. The van der Waals surface area contributed by atoms with Crippen molar-refractivity contribution in [2.24, 2.45) is 0 Å². The van der Waals surface area contributed by atoms with Crippen LogP contribution in [-0.4, -0.2) is 70.2 Å². The van der Waals surface area contributed by atoms with E-state index >= 15 is 0 Å². The molecule has 0 radical (unpaired) electrons. The average molecular weight is 488 g/mol. The Hall–Kier alpha value is -2.79. The predicted molar refractivity (Wildman–Crippen MR) is 132 cm³/mol. The van der Waals surface area contributed by atoms with Gasteiger partial charge in [-0.05, 0) is 25.5 Å². The van der Waals surface area contributed by atoms with Crippen LogP contribution in [0.5, 0.6) is 0 Å². The number of piperazine rings is 1. The molecule has 11 heteroatoms. The minimum atomic E-state index is -0.315. The van der Waals surface area contributed by atoms with Gasteiger partial charge in [-0.1, -0.05) is 35.1 Å². The summed E-state index contributed by atoms with van der Waals surface area (Å²) in [6.07, 6.45) is 1.61. The first-order chi connectivity index (χ1) is 15.9. The number of nitrogens with one attached hydrogen (secondary N) is 2. The van der Waals surface area contributed by atoms with E-state index in [2.05, 4.69) is 35.4 Å². The van der Waals surface area contributed by atoms with E-state index in [0.29, 0.717) is 38.9 Å². The normalized spacial score (nSPS) is 14.4. The maximum atomic E-state index is 12.7. The van der Waals surface area contributed by atoms with E-state index in [1.54, 1.807) is 12.3 Å². The van der Waals surface area contributed by atoms with Crippen molar-refractivity contribution < 1.29 is 9.90 Å². The number of anilines is 4. The third-order valence-corrected chi connectivity index (χ3v) is 6.58. The van der Waals surface area contributed by atoms with Gasteiger partial charge in [0.1, 0.15) is 22.5 Å². The van der Waals surface area contributed by atoms with Crippen molar-refractivity contribution in [3.05, 3.63) is 51.9 Å². The van der Waals surface area contributed by atoms with Gasteiger partial charge in [0.2, 0.25) is 0 Å². The smallest absolute Gasteiger partial charge is 0.284 e. The summed E-state index contributed by atoms with van der Waals surface area (Å²) in [4.78, 5) is 30.4. The van der Waals surface area contributed by atoms with Crippen LogP contribution < -0.4 is 15.5 Å². The molecular formula is C22H26ClN7O2S. The molecule has 1 aliphatic heterocycles. The number of aliphatic hydroxyl groups excluding tert-OH is 1. The second-order valence-electron chi connectivity index (χ2n) is 7.75. The lowest BCUT2D eigenvalue weighted by Gasteiger charge is -2.35. The SMILES string of the molecule is Cc1nc(Nc2cnc(C(=O)Nc3c(C)cccc3Cl)s2)cc(N2CCN(CCO)CC2)n1. The zero-order chi connectivity index (χ0) is 23.4. The molecule has 33 heavy (non-hydrogen) atoms. The highest BCUT2D eigenvalue weighted by molar-refractivity contribution is 7.17. The molecule has 3 aromatic rings. The average Bonchev–Trinajstić information content (AvgIpc) is 3.25. The summed E-state index contributed by atoms with van der Waals surface area (Å²) >= 11 is 7.45. The largest absolute Gasteiger partial charge is 0.395 e. The maximum Gasteiger partial charge on any atom is 0.284 e. The Labute approximate surface area is 201 Å². The predicted octanol–water partition coefficient (Wildman–Crippen LogP) is 3.31. The molecule has 1 saturated heterocycles. The van der Waals surface area contributed by atoms with Crippen molar-refractivity contribution in [1.29, 1.82) is 0 Å². The number of rotatable bonds is 7. The Morgan fingerprint density at radius 1 is 1.21 bits per heavy atom. The number of carbonyl (C=O) groups is 1. The number of thiazole rings is 1. The molecule has 0 spiro atoms. The molecule has 1 aliphatic rings. The van der Waals surface area contributed by atoms with E-state index in [-0.39, 0.29) is 12.5 Å². The van der Waals surface area contributed by atoms with Gasteiger partial charge >= 0.3 is 0 Å². The summed E-state index contributed by atoms with van der Waals surface area (Å²) in [5.41, 5.74) is 1.47. The summed E-state index contributed by atoms with van der Waals surface area (Å²) < 4.78 is 0. The van der Waals surface area contributed by atoms with Gasteiger partial charge in [-0.3, -0.25) is 9.69 Å². The fourth-order valence-corrected chi connectivity index (χ4v) is 4.63. The Balaban J connectivity index is 1.43. The van der Waals surface area contributed by atoms with E-state index in [1.165, 1.54) is 11.3 Å². The number of carbonyl (C=O) groups excluding carboxylic acids is 1. The van der Waals surface area contributed by atoms with E-state index in [9.17, 15) is 4.79 Å². The highest BCUT2D eigenvalue weighted by Crippen LogP contribution is 2.28. The van der Waals surface area contributed by atoms with E-state index in [1.807, 2.05) is 32.0 Å². The summed E-state index contributed by atoms with van der Waals surface area (Å²) in [6.45, 7) is 8.04. The number of hydrogen-bond donors (Lipinski definition) is 3. The molecule has 0 aliphatic carbocycles. The number of amides is 1. The zero-order valence-electron chi connectivity index (χ0n) is 18.5. The monoisotopic (exact) mass is 487 g/mol. The Morgan fingerprint density at radius 2 is 2.00 bits per heavy atom. The zero-order valence-corrected chi connectivity index (χ0v) is 20.1. The van der Waals surface area contributed by atoms with Gasteiger partial charge in [0.05, 0.1) is 23.5 Å². The molecule has 1 fully saturated rings. The Bertz CT molecular complexity index is 1110. The van der Waals surface area contributed by atoms with Crippen LogP contribution in [0.2, 0.25) is 5.02 Å². The highest BCUT2D eigenvalue weighted by atomic mass is 35.5. The van der Waals surface area contributed by atoms with Gasteiger partial charge in [0.15, 0.2) is 5.01 Å². The summed E-state index contributed by atoms with van der Waals surface area (Å²) in [5, 5.41) is 16.7. The maximum absolute atomic E-state index is 12.7. The van der Waals surface area contributed by atoms with Gasteiger partial charge in [0, 0.05) is 38.8 Å². The number of para-hydroxylation sites is 1. The summed E-state index contributed by atoms with van der Waals surface area (Å²) in [7, 11) is 0.